The first-order valence-corrected chi connectivity index (χ1v) is 8.00. The molecule has 0 unspecified atom stereocenters. The SMILES string of the molecule is Cc1ncsc1CCOc1nccc(CNC2CC2)c1F. The minimum absolute atomic E-state index is 0.0901. The molecule has 1 saturated carbocycles. The van der Waals surface area contributed by atoms with Crippen molar-refractivity contribution in [2.75, 3.05) is 6.61 Å². The van der Waals surface area contributed by atoms with Gasteiger partial charge in [0.15, 0.2) is 5.82 Å². The van der Waals surface area contributed by atoms with Crippen molar-refractivity contribution in [3.8, 4) is 5.88 Å². The molecule has 0 aromatic carbocycles. The van der Waals surface area contributed by atoms with Gasteiger partial charge in [-0.25, -0.2) is 14.4 Å². The monoisotopic (exact) mass is 307 g/mol. The summed E-state index contributed by atoms with van der Waals surface area (Å²) in [4.78, 5) is 9.34. The average Bonchev–Trinajstić information content (AvgIpc) is 3.22. The molecule has 0 radical (unpaired) electrons. The van der Waals surface area contributed by atoms with E-state index in [4.69, 9.17) is 4.74 Å². The van der Waals surface area contributed by atoms with Crippen LogP contribution in [0, 0.1) is 12.7 Å². The van der Waals surface area contributed by atoms with Crippen LogP contribution in [0.25, 0.3) is 0 Å². The Morgan fingerprint density at radius 2 is 2.29 bits per heavy atom. The van der Waals surface area contributed by atoms with Gasteiger partial charge in [-0.05, 0) is 25.8 Å². The van der Waals surface area contributed by atoms with Crippen LogP contribution < -0.4 is 10.1 Å². The highest BCUT2D eigenvalue weighted by atomic mass is 32.1. The summed E-state index contributed by atoms with van der Waals surface area (Å²) >= 11 is 1.60. The molecular weight excluding hydrogens is 289 g/mol. The van der Waals surface area contributed by atoms with Crippen LogP contribution in [0.3, 0.4) is 0 Å². The molecule has 0 spiro atoms. The van der Waals surface area contributed by atoms with E-state index < -0.39 is 0 Å². The Morgan fingerprint density at radius 1 is 1.43 bits per heavy atom. The van der Waals surface area contributed by atoms with Gasteiger partial charge >= 0.3 is 0 Å². The molecule has 0 bridgehead atoms. The van der Waals surface area contributed by atoms with E-state index in [9.17, 15) is 4.39 Å². The molecule has 0 aliphatic heterocycles. The van der Waals surface area contributed by atoms with Crippen LogP contribution in [-0.4, -0.2) is 22.6 Å². The number of ether oxygens (including phenoxy) is 1. The van der Waals surface area contributed by atoms with Crippen molar-refractivity contribution in [2.24, 2.45) is 0 Å². The predicted molar refractivity (Wildman–Crippen MR) is 80.1 cm³/mol. The second-order valence-electron chi connectivity index (χ2n) is 5.20. The van der Waals surface area contributed by atoms with E-state index in [1.807, 2.05) is 12.4 Å². The maximum Gasteiger partial charge on any atom is 0.250 e. The topological polar surface area (TPSA) is 47.0 Å². The van der Waals surface area contributed by atoms with Crippen molar-refractivity contribution < 1.29 is 9.13 Å². The average molecular weight is 307 g/mol. The predicted octanol–water partition coefficient (Wildman–Crippen LogP) is 2.86. The van der Waals surface area contributed by atoms with E-state index in [1.54, 1.807) is 23.6 Å². The number of thiazole rings is 1. The molecule has 2 heterocycles. The molecular formula is C15H18FN3OS. The Labute approximate surface area is 127 Å². The Balaban J connectivity index is 1.56. The fourth-order valence-corrected chi connectivity index (χ4v) is 2.81. The zero-order valence-electron chi connectivity index (χ0n) is 11.9. The van der Waals surface area contributed by atoms with Gasteiger partial charge in [0.05, 0.1) is 17.8 Å². The van der Waals surface area contributed by atoms with Crippen LogP contribution in [0.2, 0.25) is 0 Å². The second kappa shape index (κ2) is 6.49. The first-order valence-electron chi connectivity index (χ1n) is 7.12. The second-order valence-corrected chi connectivity index (χ2v) is 6.14. The molecule has 0 amide bonds. The van der Waals surface area contributed by atoms with Gasteiger partial charge in [-0.15, -0.1) is 11.3 Å². The van der Waals surface area contributed by atoms with E-state index in [0.29, 0.717) is 24.8 Å². The molecule has 1 aliphatic carbocycles. The number of aromatic nitrogens is 2. The lowest BCUT2D eigenvalue weighted by Gasteiger charge is -2.09. The minimum Gasteiger partial charge on any atom is -0.475 e. The van der Waals surface area contributed by atoms with Crippen molar-refractivity contribution >= 4 is 11.3 Å². The number of halogens is 1. The number of nitrogens with one attached hydrogen (secondary N) is 1. The van der Waals surface area contributed by atoms with Gasteiger partial charge in [0.25, 0.3) is 5.88 Å². The minimum atomic E-state index is -0.355. The first kappa shape index (κ1) is 14.4. The molecule has 2 aromatic heterocycles. The van der Waals surface area contributed by atoms with Gasteiger partial charge in [0, 0.05) is 35.6 Å². The van der Waals surface area contributed by atoms with Crippen molar-refractivity contribution in [1.82, 2.24) is 15.3 Å². The highest BCUT2D eigenvalue weighted by Gasteiger charge is 2.21. The number of nitrogens with zero attached hydrogens (tertiary/aromatic N) is 2. The van der Waals surface area contributed by atoms with E-state index in [2.05, 4.69) is 15.3 Å². The van der Waals surface area contributed by atoms with Crippen LogP contribution in [0.1, 0.15) is 29.0 Å². The quantitative estimate of drug-likeness (QED) is 0.854. The summed E-state index contributed by atoms with van der Waals surface area (Å²) in [6.07, 6.45) is 4.69. The molecule has 1 fully saturated rings. The van der Waals surface area contributed by atoms with Crippen molar-refractivity contribution in [3.05, 3.63) is 39.7 Å². The van der Waals surface area contributed by atoms with Crippen molar-refractivity contribution in [3.63, 3.8) is 0 Å². The summed E-state index contributed by atoms with van der Waals surface area (Å²) in [6, 6.07) is 2.25. The summed E-state index contributed by atoms with van der Waals surface area (Å²) in [6.45, 7) is 2.91. The molecule has 1 N–H and O–H groups in total. The van der Waals surface area contributed by atoms with Crippen LogP contribution in [0.5, 0.6) is 5.88 Å². The number of rotatable bonds is 7. The Bertz CT molecular complexity index is 613. The third-order valence-electron chi connectivity index (χ3n) is 3.51. The standard InChI is InChI=1S/C15H18FN3OS/c1-10-13(21-9-19-10)5-7-20-15-14(16)11(4-6-17-15)8-18-12-2-3-12/h4,6,9,12,18H,2-3,5,7-8H2,1H3. The molecule has 3 rings (SSSR count). The highest BCUT2D eigenvalue weighted by molar-refractivity contribution is 7.09. The Morgan fingerprint density at radius 3 is 3.00 bits per heavy atom. The highest BCUT2D eigenvalue weighted by Crippen LogP contribution is 2.22. The molecule has 0 atom stereocenters. The molecule has 6 heteroatoms. The van der Waals surface area contributed by atoms with Gasteiger partial charge in [-0.3, -0.25) is 0 Å². The van der Waals surface area contributed by atoms with E-state index in [1.165, 1.54) is 17.7 Å². The van der Waals surface area contributed by atoms with E-state index in [0.717, 1.165) is 12.1 Å². The smallest absolute Gasteiger partial charge is 0.250 e. The van der Waals surface area contributed by atoms with Gasteiger partial charge in [-0.2, -0.15) is 0 Å². The maximum absolute atomic E-state index is 14.3. The Hall–Kier alpha value is -1.53. The van der Waals surface area contributed by atoms with E-state index in [-0.39, 0.29) is 11.7 Å². The third-order valence-corrected chi connectivity index (χ3v) is 4.50. The van der Waals surface area contributed by atoms with Crippen LogP contribution in [-0.2, 0) is 13.0 Å². The van der Waals surface area contributed by atoms with Crippen LogP contribution >= 0.6 is 11.3 Å². The molecule has 112 valence electrons. The lowest BCUT2D eigenvalue weighted by Crippen LogP contribution is -2.17. The molecule has 1 aliphatic rings. The number of aryl methyl sites for hydroxylation is 1. The summed E-state index contributed by atoms with van der Waals surface area (Å²) in [5.41, 5.74) is 3.44. The Kier molecular flexibility index (Phi) is 4.45. The largest absolute Gasteiger partial charge is 0.475 e. The van der Waals surface area contributed by atoms with Crippen LogP contribution in [0.15, 0.2) is 17.8 Å². The summed E-state index contributed by atoms with van der Waals surface area (Å²) < 4.78 is 19.7. The fraction of sp³-hybridized carbons (Fsp3) is 0.467. The molecule has 2 aromatic rings. The van der Waals surface area contributed by atoms with Crippen LogP contribution in [0.4, 0.5) is 4.39 Å². The van der Waals surface area contributed by atoms with Gasteiger partial charge in [0.1, 0.15) is 0 Å². The molecule has 4 nitrogen and oxygen atoms in total. The normalized spacial score (nSPS) is 14.4. The van der Waals surface area contributed by atoms with E-state index >= 15 is 0 Å². The van der Waals surface area contributed by atoms with Crippen molar-refractivity contribution in [1.29, 1.82) is 0 Å². The summed E-state index contributed by atoms with van der Waals surface area (Å²) in [5, 5.41) is 3.30. The fourth-order valence-electron chi connectivity index (χ4n) is 2.05. The lowest BCUT2D eigenvalue weighted by atomic mass is 10.2. The molecule has 21 heavy (non-hydrogen) atoms. The number of hydrogen-bond acceptors (Lipinski definition) is 5. The van der Waals surface area contributed by atoms with Crippen molar-refractivity contribution in [2.45, 2.75) is 38.8 Å². The third kappa shape index (κ3) is 3.77. The van der Waals surface area contributed by atoms with Gasteiger partial charge in [-0.1, -0.05) is 0 Å². The van der Waals surface area contributed by atoms with Gasteiger partial charge < -0.3 is 10.1 Å². The summed E-state index contributed by atoms with van der Waals surface area (Å²) in [5.74, 6) is -0.265. The molecule has 0 saturated heterocycles. The summed E-state index contributed by atoms with van der Waals surface area (Å²) in [7, 11) is 0. The number of hydrogen-bond donors (Lipinski definition) is 1. The first-order chi connectivity index (χ1) is 10.2. The lowest BCUT2D eigenvalue weighted by molar-refractivity contribution is 0.291. The van der Waals surface area contributed by atoms with Gasteiger partial charge in [0.2, 0.25) is 0 Å². The maximum atomic E-state index is 14.3. The number of pyridine rings is 1. The zero-order valence-corrected chi connectivity index (χ0v) is 12.8. The zero-order chi connectivity index (χ0) is 14.7.